The van der Waals surface area contributed by atoms with E-state index in [0.29, 0.717) is 44.3 Å². The summed E-state index contributed by atoms with van der Waals surface area (Å²) >= 11 is 0. The summed E-state index contributed by atoms with van der Waals surface area (Å²) in [5.41, 5.74) is 1.30. The van der Waals surface area contributed by atoms with E-state index in [1.807, 2.05) is 4.90 Å². The Morgan fingerprint density at radius 2 is 1.92 bits per heavy atom. The van der Waals surface area contributed by atoms with Gasteiger partial charge in [-0.25, -0.2) is 4.79 Å². The van der Waals surface area contributed by atoms with Crippen LogP contribution in [0.1, 0.15) is 65.2 Å². The van der Waals surface area contributed by atoms with E-state index in [4.69, 9.17) is 4.74 Å². The van der Waals surface area contributed by atoms with Gasteiger partial charge in [0.15, 0.2) is 0 Å². The molecule has 0 aromatic rings. The average molecular weight is 541 g/mol. The van der Waals surface area contributed by atoms with Gasteiger partial charge in [-0.1, -0.05) is 38.8 Å². The summed E-state index contributed by atoms with van der Waals surface area (Å²) in [6.45, 7) is 12.9. The second kappa shape index (κ2) is 13.6. The van der Waals surface area contributed by atoms with Gasteiger partial charge < -0.3 is 14.5 Å². The topological polar surface area (TPSA) is 73.4 Å². The van der Waals surface area contributed by atoms with Crippen LogP contribution in [-0.2, 0) is 14.3 Å². The average Bonchev–Trinajstić information content (AvgIpc) is 3.54. The number of imide groups is 1. The van der Waals surface area contributed by atoms with E-state index in [1.165, 1.54) is 10.5 Å². The normalized spacial score (nSPS) is 27.3. The minimum Gasteiger partial charge on any atom is -0.493 e. The lowest BCUT2D eigenvalue weighted by Gasteiger charge is -2.34. The zero-order valence-electron chi connectivity index (χ0n) is 24.3. The Balaban J connectivity index is 1.53. The molecule has 3 aliphatic heterocycles. The number of unbranched alkanes of at least 4 members (excludes halogenated alkanes) is 2. The van der Waals surface area contributed by atoms with Crippen LogP contribution in [-0.4, -0.2) is 96.4 Å². The van der Waals surface area contributed by atoms with E-state index in [0.717, 1.165) is 70.5 Å². The third kappa shape index (κ3) is 6.76. The Morgan fingerprint density at radius 1 is 1.18 bits per heavy atom. The molecule has 0 aromatic carbocycles. The highest BCUT2D eigenvalue weighted by Gasteiger charge is 2.45. The Hall–Kier alpha value is -2.61. The number of rotatable bonds is 13. The second-order valence-electron chi connectivity index (χ2n) is 11.6. The van der Waals surface area contributed by atoms with E-state index in [2.05, 4.69) is 43.6 Å². The van der Waals surface area contributed by atoms with Gasteiger partial charge in [-0.2, -0.15) is 0 Å². The van der Waals surface area contributed by atoms with Crippen molar-refractivity contribution in [3.8, 4) is 0 Å². The molecule has 4 rings (SSSR count). The number of likely N-dealkylation sites (tertiary alicyclic amines) is 1. The Morgan fingerprint density at radius 3 is 2.62 bits per heavy atom. The van der Waals surface area contributed by atoms with Gasteiger partial charge in [0.25, 0.3) is 0 Å². The molecule has 4 atom stereocenters. The molecule has 1 aliphatic carbocycles. The van der Waals surface area contributed by atoms with Crippen LogP contribution in [0.2, 0.25) is 0 Å². The van der Waals surface area contributed by atoms with Crippen molar-refractivity contribution in [1.29, 1.82) is 0 Å². The number of hydrogen-bond acceptors (Lipinski definition) is 5. The number of carbonyl (C=O) groups is 3. The van der Waals surface area contributed by atoms with Crippen molar-refractivity contribution in [3.05, 3.63) is 36.1 Å². The molecule has 3 saturated heterocycles. The van der Waals surface area contributed by atoms with Crippen molar-refractivity contribution < 1.29 is 19.1 Å². The van der Waals surface area contributed by atoms with Gasteiger partial charge in [-0.3, -0.25) is 19.4 Å². The number of ether oxygens (including phenoxy) is 1. The monoisotopic (exact) mass is 540 g/mol. The summed E-state index contributed by atoms with van der Waals surface area (Å²) < 4.78 is 5.78. The number of fused-ring (bicyclic) bond motifs is 1. The molecule has 0 bridgehead atoms. The third-order valence-electron chi connectivity index (χ3n) is 9.03. The maximum absolute atomic E-state index is 13.6. The van der Waals surface area contributed by atoms with Crippen molar-refractivity contribution in [2.24, 2.45) is 17.8 Å². The Kier molecular flexibility index (Phi) is 10.3. The van der Waals surface area contributed by atoms with Crippen LogP contribution >= 0.6 is 0 Å². The summed E-state index contributed by atoms with van der Waals surface area (Å²) in [5, 5.41) is 0. The van der Waals surface area contributed by atoms with Crippen LogP contribution in [0.3, 0.4) is 0 Å². The molecule has 39 heavy (non-hydrogen) atoms. The molecule has 0 N–H and O–H groups in total. The van der Waals surface area contributed by atoms with Crippen molar-refractivity contribution in [2.45, 2.75) is 71.3 Å². The van der Waals surface area contributed by atoms with Gasteiger partial charge in [0, 0.05) is 58.7 Å². The summed E-state index contributed by atoms with van der Waals surface area (Å²) in [4.78, 5) is 46.4. The summed E-state index contributed by atoms with van der Waals surface area (Å²) in [7, 11) is 1.75. The van der Waals surface area contributed by atoms with Crippen molar-refractivity contribution in [2.75, 3.05) is 52.9 Å². The summed E-state index contributed by atoms with van der Waals surface area (Å²) in [6, 6.07) is -0.174. The van der Waals surface area contributed by atoms with Gasteiger partial charge >= 0.3 is 6.03 Å². The smallest absolute Gasteiger partial charge is 0.326 e. The summed E-state index contributed by atoms with van der Waals surface area (Å²) in [6.07, 6.45) is 13.7. The van der Waals surface area contributed by atoms with E-state index < -0.39 is 0 Å². The van der Waals surface area contributed by atoms with Crippen LogP contribution in [0.5, 0.6) is 0 Å². The largest absolute Gasteiger partial charge is 0.493 e. The molecule has 3 fully saturated rings. The van der Waals surface area contributed by atoms with Crippen LogP contribution in [0.4, 0.5) is 4.79 Å². The van der Waals surface area contributed by atoms with Crippen molar-refractivity contribution >= 4 is 17.8 Å². The molecule has 8 nitrogen and oxygen atoms in total. The van der Waals surface area contributed by atoms with Crippen LogP contribution in [0.25, 0.3) is 0 Å². The number of amides is 4. The van der Waals surface area contributed by atoms with E-state index >= 15 is 0 Å². The van der Waals surface area contributed by atoms with Crippen LogP contribution in [0.15, 0.2) is 36.1 Å². The zero-order chi connectivity index (χ0) is 27.9. The zero-order valence-corrected chi connectivity index (χ0v) is 24.3. The van der Waals surface area contributed by atoms with Gasteiger partial charge in [-0.05, 0) is 55.1 Å². The first-order valence-corrected chi connectivity index (χ1v) is 15.1. The third-order valence-corrected chi connectivity index (χ3v) is 9.03. The lowest BCUT2D eigenvalue weighted by molar-refractivity contribution is -0.134. The maximum atomic E-state index is 13.6. The van der Waals surface area contributed by atoms with Gasteiger partial charge in [-0.15, -0.1) is 6.58 Å². The van der Waals surface area contributed by atoms with Crippen LogP contribution < -0.4 is 0 Å². The molecule has 0 saturated carbocycles. The molecule has 0 aromatic heterocycles. The van der Waals surface area contributed by atoms with Crippen LogP contribution in [0, 0.1) is 17.8 Å². The van der Waals surface area contributed by atoms with Crippen molar-refractivity contribution in [3.63, 3.8) is 0 Å². The quantitative estimate of drug-likeness (QED) is 0.323. The number of carbonyl (C=O) groups excluding carboxylic acids is 3. The fourth-order valence-corrected chi connectivity index (χ4v) is 6.70. The first-order chi connectivity index (χ1) is 18.9. The lowest BCUT2D eigenvalue weighted by Crippen LogP contribution is -2.52. The highest BCUT2D eigenvalue weighted by Crippen LogP contribution is 2.43. The molecular weight excluding hydrogens is 492 g/mol. The highest BCUT2D eigenvalue weighted by molar-refractivity contribution is 5.96. The van der Waals surface area contributed by atoms with E-state index in [1.54, 1.807) is 11.9 Å². The number of allylic oxidation sites excluding steroid dienone is 3. The molecule has 0 unspecified atom stereocenters. The predicted molar refractivity (Wildman–Crippen MR) is 153 cm³/mol. The fraction of sp³-hybridized carbons (Fsp3) is 0.710. The Labute approximate surface area is 234 Å². The number of nitrogens with zero attached hydrogens (tertiary/aromatic N) is 4. The first kappa shape index (κ1) is 29.4. The molecule has 8 heteroatoms. The fourth-order valence-electron chi connectivity index (χ4n) is 6.70. The van der Waals surface area contributed by atoms with Gasteiger partial charge in [0.1, 0.15) is 5.76 Å². The lowest BCUT2D eigenvalue weighted by atomic mass is 9.76. The minimum atomic E-state index is -0.222. The SMILES string of the molecule is C=C[C@@H]1[C@@H]([C@H]2C=C3CCOC3=CC2)CN(CC(=O)N(CCCC)CCCC)[C@H]1CCN1C(=O)CCN(C)C1=O. The molecule has 4 amide bonds. The standard InChI is InChI=1S/C31H48N4O4/c1-5-8-15-33(16-9-6-2)30(37)22-34-21-26(23-10-11-28-24(20-23)14-19-39-28)25(7-3)27(34)12-18-35-29(36)13-17-32(4)31(35)38/h7,11,20,23,25-27H,3,5-6,8-10,12-19,21-22H2,1-2,4H3/t23-,25-,26-,27+/m1/s1. The number of urea groups is 1. The molecule has 0 spiro atoms. The molecule has 216 valence electrons. The number of hydrogen-bond donors (Lipinski definition) is 0. The van der Waals surface area contributed by atoms with Crippen molar-refractivity contribution in [1.82, 2.24) is 19.6 Å². The summed E-state index contributed by atoms with van der Waals surface area (Å²) in [5.74, 6) is 1.97. The Bertz CT molecular complexity index is 968. The van der Waals surface area contributed by atoms with E-state index in [-0.39, 0.29) is 29.8 Å². The highest BCUT2D eigenvalue weighted by atomic mass is 16.5. The second-order valence-corrected chi connectivity index (χ2v) is 11.6. The molecule has 4 aliphatic rings. The van der Waals surface area contributed by atoms with Gasteiger partial charge in [0.05, 0.1) is 13.2 Å². The first-order valence-electron chi connectivity index (χ1n) is 15.1. The molecule has 0 radical (unpaired) electrons. The van der Waals surface area contributed by atoms with Gasteiger partial charge in [0.2, 0.25) is 11.8 Å². The molecule has 3 heterocycles. The van der Waals surface area contributed by atoms with E-state index in [9.17, 15) is 14.4 Å². The predicted octanol–water partition coefficient (Wildman–Crippen LogP) is 4.44. The molecular formula is C31H48N4O4. The maximum Gasteiger partial charge on any atom is 0.326 e. The minimum absolute atomic E-state index is 0.0482.